The number of halogens is 2. The Labute approximate surface area is 207 Å². The van der Waals surface area contributed by atoms with Gasteiger partial charge in [0.05, 0.1) is 18.9 Å². The van der Waals surface area contributed by atoms with Crippen molar-refractivity contribution in [3.63, 3.8) is 0 Å². The molecule has 0 N–H and O–H groups in total. The van der Waals surface area contributed by atoms with Gasteiger partial charge in [-0.05, 0) is 37.6 Å². The van der Waals surface area contributed by atoms with Crippen LogP contribution in [-0.2, 0) is 4.74 Å². The number of benzene rings is 2. The first-order valence-corrected chi connectivity index (χ1v) is 12.2. The highest BCUT2D eigenvalue weighted by Gasteiger charge is 2.21. The number of morpholine rings is 1. The van der Waals surface area contributed by atoms with Crippen molar-refractivity contribution in [3.8, 4) is 11.3 Å². The van der Waals surface area contributed by atoms with E-state index in [1.807, 2.05) is 34.5 Å². The Morgan fingerprint density at radius 3 is 2.50 bits per heavy atom. The number of ether oxygens (including phenoxy) is 1. The zero-order valence-electron chi connectivity index (χ0n) is 18.0. The molecular weight excluding hydrogens is 510 g/mol. The number of rotatable bonds is 7. The van der Waals surface area contributed by atoms with Crippen LogP contribution in [0.3, 0.4) is 0 Å². The number of hydrogen-bond donors (Lipinski definition) is 0. The van der Waals surface area contributed by atoms with Crippen LogP contribution in [0.25, 0.3) is 11.3 Å². The first kappa shape index (κ1) is 24.9. The van der Waals surface area contributed by atoms with Gasteiger partial charge in [-0.3, -0.25) is 14.6 Å². The van der Waals surface area contributed by atoms with Gasteiger partial charge in [0.25, 0.3) is 5.91 Å². The lowest BCUT2D eigenvalue weighted by Crippen LogP contribution is -2.39. The maximum atomic E-state index is 13.4. The zero-order valence-corrected chi connectivity index (χ0v) is 21.2. The van der Waals surface area contributed by atoms with Gasteiger partial charge < -0.3 is 4.74 Å². The van der Waals surface area contributed by atoms with E-state index in [1.54, 1.807) is 0 Å². The summed E-state index contributed by atoms with van der Waals surface area (Å²) in [5, 5.41) is 2.77. The summed E-state index contributed by atoms with van der Waals surface area (Å²) in [4.78, 5) is 22.4. The lowest BCUT2D eigenvalue weighted by atomic mass is 10.1. The number of anilines is 1. The summed E-state index contributed by atoms with van der Waals surface area (Å²) in [5.74, 6) is -0.0146. The maximum Gasteiger partial charge on any atom is 0.260 e. The highest BCUT2D eigenvalue weighted by atomic mass is 79.9. The van der Waals surface area contributed by atoms with Crippen molar-refractivity contribution in [1.82, 2.24) is 9.88 Å². The molecule has 3 aromatic rings. The van der Waals surface area contributed by atoms with Gasteiger partial charge in [0, 0.05) is 47.2 Å². The van der Waals surface area contributed by atoms with E-state index in [2.05, 4.69) is 52.0 Å². The van der Waals surface area contributed by atoms with Gasteiger partial charge in [0.1, 0.15) is 0 Å². The number of carbonyl (C=O) groups excluding carboxylic acids is 1. The van der Waals surface area contributed by atoms with Gasteiger partial charge in [-0.15, -0.1) is 23.7 Å². The molecule has 0 saturated carbocycles. The van der Waals surface area contributed by atoms with E-state index in [9.17, 15) is 4.79 Å². The molecule has 4 rings (SSSR count). The molecule has 0 atom stereocenters. The number of aromatic nitrogens is 1. The molecule has 0 unspecified atom stereocenters. The Morgan fingerprint density at radius 2 is 1.81 bits per heavy atom. The van der Waals surface area contributed by atoms with Crippen molar-refractivity contribution in [2.45, 2.75) is 13.3 Å². The number of aryl methyl sites for hydroxylation is 1. The topological polar surface area (TPSA) is 45.7 Å². The molecule has 1 amide bonds. The van der Waals surface area contributed by atoms with E-state index >= 15 is 0 Å². The number of nitrogens with zero attached hydrogens (tertiary/aromatic N) is 3. The molecule has 1 saturated heterocycles. The maximum absolute atomic E-state index is 13.4. The van der Waals surface area contributed by atoms with E-state index in [0.29, 0.717) is 12.1 Å². The van der Waals surface area contributed by atoms with Gasteiger partial charge in [-0.1, -0.05) is 45.8 Å². The predicted octanol–water partition coefficient (Wildman–Crippen LogP) is 5.67. The summed E-state index contributed by atoms with van der Waals surface area (Å²) in [6.45, 7) is 7.13. The lowest BCUT2D eigenvalue weighted by molar-refractivity contribution is 0.0376. The number of amides is 1. The molecular formula is C24H27BrClN3O2S. The fraction of sp³-hybridized carbons (Fsp3) is 0.333. The van der Waals surface area contributed by atoms with Crippen LogP contribution in [0, 0.1) is 6.92 Å². The molecule has 0 bridgehead atoms. The Bertz CT molecular complexity index is 1000. The van der Waals surface area contributed by atoms with Gasteiger partial charge in [-0.25, -0.2) is 4.98 Å². The highest BCUT2D eigenvalue weighted by molar-refractivity contribution is 9.10. The predicted molar refractivity (Wildman–Crippen MR) is 137 cm³/mol. The van der Waals surface area contributed by atoms with Crippen molar-refractivity contribution in [2.75, 3.05) is 44.3 Å². The summed E-state index contributed by atoms with van der Waals surface area (Å²) in [6, 6.07) is 15.8. The van der Waals surface area contributed by atoms with Crippen LogP contribution < -0.4 is 4.90 Å². The minimum absolute atomic E-state index is 0. The second-order valence-corrected chi connectivity index (χ2v) is 9.40. The summed E-state index contributed by atoms with van der Waals surface area (Å²) in [5.41, 5.74) is 3.86. The van der Waals surface area contributed by atoms with E-state index in [0.717, 1.165) is 60.1 Å². The molecule has 0 radical (unpaired) electrons. The first-order valence-electron chi connectivity index (χ1n) is 10.5. The van der Waals surface area contributed by atoms with Crippen LogP contribution in [0.5, 0.6) is 0 Å². The van der Waals surface area contributed by atoms with E-state index < -0.39 is 0 Å². The Balaban J connectivity index is 0.00000289. The summed E-state index contributed by atoms with van der Waals surface area (Å²) in [6.07, 6.45) is 0.891. The number of thiazole rings is 1. The first-order chi connectivity index (χ1) is 15.1. The molecule has 8 heteroatoms. The average molecular weight is 537 g/mol. The van der Waals surface area contributed by atoms with Crippen molar-refractivity contribution in [2.24, 2.45) is 0 Å². The second-order valence-electron chi connectivity index (χ2n) is 7.65. The van der Waals surface area contributed by atoms with Crippen LogP contribution in [-0.4, -0.2) is 55.2 Å². The Kier molecular flexibility index (Phi) is 9.25. The summed E-state index contributed by atoms with van der Waals surface area (Å²) >= 11 is 4.97. The van der Waals surface area contributed by atoms with Crippen LogP contribution >= 0.6 is 39.7 Å². The number of carbonyl (C=O) groups is 1. The van der Waals surface area contributed by atoms with E-state index in [1.165, 1.54) is 16.9 Å². The van der Waals surface area contributed by atoms with Gasteiger partial charge in [0.2, 0.25) is 0 Å². The van der Waals surface area contributed by atoms with Crippen molar-refractivity contribution >= 4 is 50.7 Å². The molecule has 0 spiro atoms. The van der Waals surface area contributed by atoms with Crippen molar-refractivity contribution < 1.29 is 9.53 Å². The van der Waals surface area contributed by atoms with Crippen LogP contribution in [0.1, 0.15) is 22.3 Å². The normalized spacial score (nSPS) is 14.1. The van der Waals surface area contributed by atoms with Crippen molar-refractivity contribution in [1.29, 1.82) is 0 Å². The molecule has 32 heavy (non-hydrogen) atoms. The Hall–Kier alpha value is -1.77. The van der Waals surface area contributed by atoms with E-state index in [-0.39, 0.29) is 18.3 Å². The molecule has 1 aliphatic heterocycles. The highest BCUT2D eigenvalue weighted by Crippen LogP contribution is 2.29. The lowest BCUT2D eigenvalue weighted by Gasteiger charge is -2.27. The SMILES string of the molecule is Cc1ccc(-c2csc(N(CCCN3CCOCC3)C(=O)c3ccc(Br)cc3)n2)cc1.Cl. The summed E-state index contributed by atoms with van der Waals surface area (Å²) in [7, 11) is 0. The quantitative estimate of drug-likeness (QED) is 0.390. The fourth-order valence-corrected chi connectivity index (χ4v) is 4.68. The third-order valence-corrected chi connectivity index (χ3v) is 6.76. The monoisotopic (exact) mass is 535 g/mol. The largest absolute Gasteiger partial charge is 0.379 e. The minimum atomic E-state index is -0.0146. The van der Waals surface area contributed by atoms with Gasteiger partial charge >= 0.3 is 0 Å². The third-order valence-electron chi connectivity index (χ3n) is 5.37. The number of hydrogen-bond acceptors (Lipinski definition) is 5. The molecule has 1 aromatic heterocycles. The second kappa shape index (κ2) is 11.9. The average Bonchev–Trinajstić information content (AvgIpc) is 3.28. The molecule has 1 fully saturated rings. The molecule has 2 heterocycles. The molecule has 1 aliphatic rings. The molecule has 170 valence electrons. The van der Waals surface area contributed by atoms with Crippen molar-refractivity contribution in [3.05, 3.63) is 69.5 Å². The standard InChI is InChI=1S/C24H26BrN3O2S.ClH/c1-18-3-5-19(6-4-18)22-17-31-24(26-22)28(12-2-11-27-13-15-30-16-14-27)23(29)20-7-9-21(25)10-8-20;/h3-10,17H,2,11-16H2,1H3;1H. The Morgan fingerprint density at radius 1 is 1.12 bits per heavy atom. The van der Waals surface area contributed by atoms with Gasteiger partial charge in [0.15, 0.2) is 5.13 Å². The smallest absolute Gasteiger partial charge is 0.260 e. The van der Waals surface area contributed by atoms with E-state index in [4.69, 9.17) is 9.72 Å². The molecule has 2 aromatic carbocycles. The van der Waals surface area contributed by atoms with Crippen LogP contribution in [0.4, 0.5) is 5.13 Å². The summed E-state index contributed by atoms with van der Waals surface area (Å²) < 4.78 is 6.39. The zero-order chi connectivity index (χ0) is 21.6. The molecule has 5 nitrogen and oxygen atoms in total. The fourth-order valence-electron chi connectivity index (χ4n) is 3.55. The van der Waals surface area contributed by atoms with Crippen LogP contribution in [0.15, 0.2) is 58.4 Å². The van der Waals surface area contributed by atoms with Gasteiger partial charge in [-0.2, -0.15) is 0 Å². The third kappa shape index (κ3) is 6.39. The minimum Gasteiger partial charge on any atom is -0.379 e. The van der Waals surface area contributed by atoms with Crippen LogP contribution in [0.2, 0.25) is 0 Å². The molecule has 0 aliphatic carbocycles.